The van der Waals surface area contributed by atoms with Crippen molar-refractivity contribution in [1.82, 2.24) is 9.35 Å². The molecule has 0 spiro atoms. The van der Waals surface area contributed by atoms with Crippen molar-refractivity contribution < 1.29 is 26.3 Å². The predicted octanol–water partition coefficient (Wildman–Crippen LogP) is 3.64. The molecule has 0 aliphatic heterocycles. The zero-order chi connectivity index (χ0) is 13.6. The number of hydrogen-bond acceptors (Lipinski definition) is 0. The summed E-state index contributed by atoms with van der Waals surface area (Å²) < 4.78 is 76.7. The van der Waals surface area contributed by atoms with Crippen molar-refractivity contribution >= 4 is 0 Å². The molecule has 0 aliphatic rings. The van der Waals surface area contributed by atoms with Gasteiger partial charge in [-0.1, -0.05) is 0 Å². The van der Waals surface area contributed by atoms with Crippen LogP contribution in [0.4, 0.5) is 26.3 Å². The normalized spacial score (nSPS) is 13.0. The summed E-state index contributed by atoms with van der Waals surface area (Å²) in [6.45, 7) is 0. The fourth-order valence-electron chi connectivity index (χ4n) is 1.57. The molecule has 2 aromatic heterocycles. The minimum atomic E-state index is -4.87. The summed E-state index contributed by atoms with van der Waals surface area (Å²) in [6.07, 6.45) is -7.53. The maximum Gasteiger partial charge on any atom is 0.433 e. The molecule has 0 aliphatic carbocycles. The third-order valence-corrected chi connectivity index (χ3v) is 2.26. The Hall–Kier alpha value is -1.86. The number of alkyl halides is 6. The summed E-state index contributed by atoms with van der Waals surface area (Å²) in [5.41, 5.74) is -2.77. The summed E-state index contributed by atoms with van der Waals surface area (Å²) in [5.74, 6) is 0. The first-order valence-electron chi connectivity index (χ1n) is 4.71. The van der Waals surface area contributed by atoms with E-state index in [0.29, 0.717) is 12.1 Å². The quantitative estimate of drug-likeness (QED) is 0.699. The Morgan fingerprint density at radius 2 is 1.11 bits per heavy atom. The highest BCUT2D eigenvalue weighted by molar-refractivity contribution is 5.22. The highest BCUT2D eigenvalue weighted by Crippen LogP contribution is 2.36. The SMILES string of the molecule is FC(F)(F)c1ccc(C(F)(F)F)n1-n1cccc1. The number of aromatic nitrogens is 2. The molecule has 2 rings (SSSR count). The average molecular weight is 268 g/mol. The molecule has 2 aromatic rings. The van der Waals surface area contributed by atoms with Gasteiger partial charge < -0.3 is 0 Å². The molecule has 0 radical (unpaired) electrons. The smallest absolute Gasteiger partial charge is 0.264 e. The van der Waals surface area contributed by atoms with Crippen molar-refractivity contribution in [3.8, 4) is 0 Å². The van der Waals surface area contributed by atoms with Crippen LogP contribution in [0.5, 0.6) is 0 Å². The maximum absolute atomic E-state index is 12.6. The third-order valence-electron chi connectivity index (χ3n) is 2.26. The van der Waals surface area contributed by atoms with E-state index < -0.39 is 23.7 Å². The molecule has 0 bridgehead atoms. The molecule has 0 amide bonds. The van der Waals surface area contributed by atoms with Gasteiger partial charge in [-0.3, -0.25) is 4.68 Å². The largest absolute Gasteiger partial charge is 0.433 e. The fraction of sp³-hybridized carbons (Fsp3) is 0.200. The third kappa shape index (κ3) is 2.09. The first kappa shape index (κ1) is 12.6. The predicted molar refractivity (Wildman–Crippen MR) is 49.7 cm³/mol. The van der Waals surface area contributed by atoms with Gasteiger partial charge in [-0.25, -0.2) is 4.68 Å². The molecule has 0 saturated carbocycles. The molecule has 0 unspecified atom stereocenters. The van der Waals surface area contributed by atoms with Crippen LogP contribution in [0.15, 0.2) is 36.7 Å². The lowest BCUT2D eigenvalue weighted by Crippen LogP contribution is -2.23. The zero-order valence-electron chi connectivity index (χ0n) is 8.63. The molecule has 98 valence electrons. The zero-order valence-corrected chi connectivity index (χ0v) is 8.63. The Morgan fingerprint density at radius 1 is 0.722 bits per heavy atom. The van der Waals surface area contributed by atoms with Crippen LogP contribution in [-0.2, 0) is 12.4 Å². The van der Waals surface area contributed by atoms with E-state index in [-0.39, 0.29) is 4.68 Å². The highest BCUT2D eigenvalue weighted by Gasteiger charge is 2.42. The van der Waals surface area contributed by atoms with Crippen molar-refractivity contribution in [2.24, 2.45) is 0 Å². The van der Waals surface area contributed by atoms with Crippen molar-refractivity contribution in [1.29, 1.82) is 0 Å². The van der Waals surface area contributed by atoms with E-state index in [1.165, 1.54) is 12.1 Å². The summed E-state index contributed by atoms with van der Waals surface area (Å²) in [5, 5.41) is 0. The molecule has 2 heterocycles. The molecule has 0 saturated heterocycles. The average Bonchev–Trinajstić information content (AvgIpc) is 2.83. The van der Waals surface area contributed by atoms with E-state index in [2.05, 4.69) is 0 Å². The standard InChI is InChI=1S/C10H6F6N2/c11-9(12,13)7-3-4-8(10(14,15)16)18(7)17-5-1-2-6-17/h1-6H. The minimum absolute atomic E-state index is 0.0833. The van der Waals surface area contributed by atoms with Crippen LogP contribution in [-0.4, -0.2) is 9.35 Å². The molecule has 0 N–H and O–H groups in total. The van der Waals surface area contributed by atoms with Crippen LogP contribution in [0, 0.1) is 0 Å². The number of rotatable bonds is 1. The van der Waals surface area contributed by atoms with E-state index >= 15 is 0 Å². The van der Waals surface area contributed by atoms with E-state index in [1.54, 1.807) is 0 Å². The molecule has 2 nitrogen and oxygen atoms in total. The van der Waals surface area contributed by atoms with E-state index in [4.69, 9.17) is 0 Å². The summed E-state index contributed by atoms with van der Waals surface area (Å²) in [6, 6.07) is 3.48. The van der Waals surface area contributed by atoms with Crippen molar-refractivity contribution in [2.75, 3.05) is 0 Å². The van der Waals surface area contributed by atoms with Gasteiger partial charge in [0.15, 0.2) is 0 Å². The fourth-order valence-corrected chi connectivity index (χ4v) is 1.57. The molecule has 0 aromatic carbocycles. The lowest BCUT2D eigenvalue weighted by molar-refractivity contribution is -0.154. The second-order valence-electron chi connectivity index (χ2n) is 3.47. The Labute approximate surface area is 97.0 Å². The van der Waals surface area contributed by atoms with Gasteiger partial charge in [0.1, 0.15) is 11.4 Å². The van der Waals surface area contributed by atoms with Gasteiger partial charge in [0.2, 0.25) is 0 Å². The second-order valence-corrected chi connectivity index (χ2v) is 3.47. The second kappa shape index (κ2) is 3.82. The molecule has 0 atom stereocenters. The number of nitrogens with zero attached hydrogens (tertiary/aromatic N) is 2. The maximum atomic E-state index is 12.6. The van der Waals surface area contributed by atoms with Crippen molar-refractivity contribution in [3.63, 3.8) is 0 Å². The van der Waals surface area contributed by atoms with Crippen LogP contribution in [0.25, 0.3) is 0 Å². The summed E-state index contributed by atoms with van der Waals surface area (Å²) in [7, 11) is 0. The lowest BCUT2D eigenvalue weighted by atomic mass is 10.4. The van der Waals surface area contributed by atoms with E-state index in [0.717, 1.165) is 17.1 Å². The molecular weight excluding hydrogens is 262 g/mol. The van der Waals surface area contributed by atoms with Crippen LogP contribution in [0.2, 0.25) is 0 Å². The topological polar surface area (TPSA) is 9.86 Å². The van der Waals surface area contributed by atoms with Crippen LogP contribution < -0.4 is 0 Å². The van der Waals surface area contributed by atoms with Gasteiger partial charge in [0, 0.05) is 12.4 Å². The Bertz CT molecular complexity index is 500. The summed E-state index contributed by atoms with van der Waals surface area (Å²) in [4.78, 5) is 0. The minimum Gasteiger partial charge on any atom is -0.264 e. The number of hydrogen-bond donors (Lipinski definition) is 0. The van der Waals surface area contributed by atoms with Crippen LogP contribution in [0.1, 0.15) is 11.4 Å². The Kier molecular flexibility index (Phi) is 2.67. The van der Waals surface area contributed by atoms with Crippen molar-refractivity contribution in [3.05, 3.63) is 48.0 Å². The first-order chi connectivity index (χ1) is 8.21. The first-order valence-corrected chi connectivity index (χ1v) is 4.71. The monoisotopic (exact) mass is 268 g/mol. The van der Waals surface area contributed by atoms with Gasteiger partial charge in [0.05, 0.1) is 0 Å². The molecular formula is C10H6F6N2. The molecule has 0 fully saturated rings. The molecule has 8 heteroatoms. The van der Waals surface area contributed by atoms with Crippen LogP contribution in [0.3, 0.4) is 0 Å². The highest BCUT2D eigenvalue weighted by atomic mass is 19.4. The summed E-state index contributed by atoms with van der Waals surface area (Å²) >= 11 is 0. The van der Waals surface area contributed by atoms with E-state index in [9.17, 15) is 26.3 Å². The van der Waals surface area contributed by atoms with Crippen molar-refractivity contribution in [2.45, 2.75) is 12.4 Å². The van der Waals surface area contributed by atoms with Gasteiger partial charge >= 0.3 is 12.4 Å². The van der Waals surface area contributed by atoms with Gasteiger partial charge in [-0.2, -0.15) is 26.3 Å². The Morgan fingerprint density at radius 3 is 1.44 bits per heavy atom. The van der Waals surface area contributed by atoms with E-state index in [1.807, 2.05) is 0 Å². The van der Waals surface area contributed by atoms with Gasteiger partial charge in [-0.05, 0) is 24.3 Å². The van der Waals surface area contributed by atoms with Gasteiger partial charge in [-0.15, -0.1) is 0 Å². The van der Waals surface area contributed by atoms with Gasteiger partial charge in [0.25, 0.3) is 0 Å². The number of halogens is 6. The Balaban J connectivity index is 2.69. The van der Waals surface area contributed by atoms with Crippen LogP contribution >= 0.6 is 0 Å². The lowest BCUT2D eigenvalue weighted by Gasteiger charge is -2.17. The molecule has 18 heavy (non-hydrogen) atoms.